The van der Waals surface area contributed by atoms with Crippen molar-refractivity contribution in [2.45, 2.75) is 83.2 Å². The molecule has 2 rings (SSSR count). The molecule has 1 saturated carbocycles. The molecule has 0 amide bonds. The van der Waals surface area contributed by atoms with Crippen molar-refractivity contribution < 1.29 is 18.8 Å². The molecule has 1 heterocycles. The Labute approximate surface area is 128 Å². The lowest BCUT2D eigenvalue weighted by Crippen LogP contribution is -2.69. The van der Waals surface area contributed by atoms with Crippen LogP contribution in [0.3, 0.4) is 0 Å². The number of Topliss-reactive ketones (excluding diaryl/α,β-unsaturated/α-hetero) is 1. The summed E-state index contributed by atoms with van der Waals surface area (Å²) in [6.45, 7) is 12.5. The molecule has 1 aliphatic heterocycles. The van der Waals surface area contributed by atoms with Crippen molar-refractivity contribution in [1.82, 2.24) is 0 Å². The van der Waals surface area contributed by atoms with Crippen LogP contribution in [0.2, 0.25) is 18.1 Å². The smallest absolute Gasteiger partial charge is 0.321 e. The molecule has 0 bridgehead atoms. The number of carbonyl (C=O) groups is 2. The van der Waals surface area contributed by atoms with Gasteiger partial charge in [0.2, 0.25) is 0 Å². The molecule has 0 aromatic rings. The molecule has 0 N–H and O–H groups in total. The largest absolute Gasteiger partial charge is 0.454 e. The maximum absolute atomic E-state index is 11.9. The van der Waals surface area contributed by atoms with Crippen LogP contribution in [-0.4, -0.2) is 31.8 Å². The van der Waals surface area contributed by atoms with Gasteiger partial charge in [0.05, 0.1) is 6.10 Å². The summed E-state index contributed by atoms with van der Waals surface area (Å²) in [5.41, 5.74) is -0.684. The molecule has 2 fully saturated rings. The molecule has 120 valence electrons. The van der Waals surface area contributed by atoms with Crippen molar-refractivity contribution >= 4 is 20.1 Å². The van der Waals surface area contributed by atoms with Crippen molar-refractivity contribution in [3.05, 3.63) is 0 Å². The first-order valence-electron chi connectivity index (χ1n) is 7.92. The van der Waals surface area contributed by atoms with Crippen LogP contribution in [0.5, 0.6) is 0 Å². The van der Waals surface area contributed by atoms with Gasteiger partial charge in [-0.15, -0.1) is 0 Å². The highest BCUT2D eigenvalue weighted by atomic mass is 28.4. The van der Waals surface area contributed by atoms with Crippen LogP contribution in [0, 0.1) is 5.92 Å². The van der Waals surface area contributed by atoms with E-state index in [-0.39, 0.29) is 22.9 Å². The topological polar surface area (TPSA) is 52.6 Å². The van der Waals surface area contributed by atoms with E-state index in [2.05, 4.69) is 33.9 Å². The third kappa shape index (κ3) is 2.70. The molecular weight excluding hydrogens is 284 g/mol. The van der Waals surface area contributed by atoms with Gasteiger partial charge in [0.25, 0.3) is 0 Å². The van der Waals surface area contributed by atoms with E-state index in [1.165, 1.54) is 6.92 Å². The lowest BCUT2D eigenvalue weighted by molar-refractivity contribution is -0.239. The van der Waals surface area contributed by atoms with Crippen molar-refractivity contribution in [2.24, 2.45) is 5.92 Å². The number of ketones is 1. The Morgan fingerprint density at radius 2 is 1.95 bits per heavy atom. The van der Waals surface area contributed by atoms with E-state index in [1.54, 1.807) is 0 Å². The van der Waals surface area contributed by atoms with Crippen molar-refractivity contribution in [1.29, 1.82) is 0 Å². The van der Waals surface area contributed by atoms with Crippen molar-refractivity contribution in [3.63, 3.8) is 0 Å². The Morgan fingerprint density at radius 3 is 2.43 bits per heavy atom. The van der Waals surface area contributed by atoms with Crippen LogP contribution in [0.4, 0.5) is 0 Å². The zero-order valence-corrected chi connectivity index (χ0v) is 15.1. The minimum Gasteiger partial charge on any atom is -0.454 e. The number of hydrogen-bond acceptors (Lipinski definition) is 4. The second kappa shape index (κ2) is 5.20. The average Bonchev–Trinajstić information content (AvgIpc) is 2.28. The van der Waals surface area contributed by atoms with Gasteiger partial charge in [-0.1, -0.05) is 27.2 Å². The van der Waals surface area contributed by atoms with Gasteiger partial charge in [-0.25, -0.2) is 0 Å². The van der Waals surface area contributed by atoms with Gasteiger partial charge in [-0.3, -0.25) is 9.59 Å². The van der Waals surface area contributed by atoms with Crippen LogP contribution in [0.25, 0.3) is 0 Å². The van der Waals surface area contributed by atoms with E-state index in [0.29, 0.717) is 0 Å². The van der Waals surface area contributed by atoms with Crippen LogP contribution in [0.15, 0.2) is 0 Å². The fourth-order valence-electron chi connectivity index (χ4n) is 3.23. The van der Waals surface area contributed by atoms with Gasteiger partial charge in [0.15, 0.2) is 19.8 Å². The fourth-order valence-corrected chi connectivity index (χ4v) is 4.61. The molecule has 5 heteroatoms. The predicted molar refractivity (Wildman–Crippen MR) is 83.5 cm³/mol. The number of rotatable bonds is 3. The van der Waals surface area contributed by atoms with Gasteiger partial charge in [-0.2, -0.15) is 0 Å². The first-order valence-corrected chi connectivity index (χ1v) is 10.8. The summed E-state index contributed by atoms with van der Waals surface area (Å²) >= 11 is 0. The minimum atomic E-state index is -1.95. The Balaban J connectivity index is 2.25. The third-order valence-electron chi connectivity index (χ3n) is 5.49. The number of hydrogen-bond donors (Lipinski definition) is 0. The average molecular weight is 312 g/mol. The van der Waals surface area contributed by atoms with Gasteiger partial charge in [0, 0.05) is 0 Å². The molecule has 0 aromatic carbocycles. The molecule has 2 aliphatic rings. The van der Waals surface area contributed by atoms with Gasteiger partial charge in [0.1, 0.15) is 5.78 Å². The molecule has 1 aliphatic carbocycles. The SMILES string of the molecule is CC(=O)C1C(=O)O[C@@]12CCCC[C@@H]2O[Si](C)(C)C(C)(C)C. The summed E-state index contributed by atoms with van der Waals surface area (Å²) in [5.74, 6) is -1.07. The quantitative estimate of drug-likeness (QED) is 0.455. The summed E-state index contributed by atoms with van der Waals surface area (Å²) in [6.07, 6.45) is 3.57. The molecule has 0 radical (unpaired) electrons. The molecular formula is C16H28O4Si. The third-order valence-corrected chi connectivity index (χ3v) is 9.98. The van der Waals surface area contributed by atoms with Gasteiger partial charge in [-0.05, 0) is 44.3 Å². The van der Waals surface area contributed by atoms with E-state index >= 15 is 0 Å². The van der Waals surface area contributed by atoms with Crippen LogP contribution in [-0.2, 0) is 18.8 Å². The van der Waals surface area contributed by atoms with Crippen LogP contribution in [0.1, 0.15) is 53.4 Å². The minimum absolute atomic E-state index is 0.0861. The van der Waals surface area contributed by atoms with E-state index in [4.69, 9.17) is 9.16 Å². The normalized spacial score (nSPS) is 33.5. The zero-order valence-electron chi connectivity index (χ0n) is 14.1. The van der Waals surface area contributed by atoms with Gasteiger partial charge >= 0.3 is 5.97 Å². The standard InChI is InChI=1S/C16H28O4Si/c1-11(17)13-14(18)19-16(13)10-8-7-9-12(16)20-21(5,6)15(2,3)4/h12-13H,7-10H2,1-6H3/t12-,13?,16+/m0/s1. The molecule has 1 unspecified atom stereocenters. The maximum atomic E-state index is 11.9. The van der Waals surface area contributed by atoms with Crippen LogP contribution >= 0.6 is 0 Å². The van der Waals surface area contributed by atoms with Crippen molar-refractivity contribution in [3.8, 4) is 0 Å². The van der Waals surface area contributed by atoms with E-state index in [9.17, 15) is 9.59 Å². The summed E-state index contributed by atoms with van der Waals surface area (Å²) in [5, 5.41) is 0.102. The maximum Gasteiger partial charge on any atom is 0.321 e. The van der Waals surface area contributed by atoms with E-state index in [0.717, 1.165) is 25.7 Å². The highest BCUT2D eigenvalue weighted by molar-refractivity contribution is 6.74. The summed E-state index contributed by atoms with van der Waals surface area (Å²) in [7, 11) is -1.95. The molecule has 21 heavy (non-hydrogen) atoms. The zero-order chi connectivity index (χ0) is 16.1. The lowest BCUT2D eigenvalue weighted by Gasteiger charge is -2.55. The van der Waals surface area contributed by atoms with Gasteiger partial charge < -0.3 is 9.16 Å². The Hall–Kier alpha value is -0.683. The second-order valence-electron chi connectivity index (χ2n) is 8.03. The number of esters is 1. The summed E-state index contributed by atoms with van der Waals surface area (Å²) < 4.78 is 12.1. The predicted octanol–water partition coefficient (Wildman–Crippen LogP) is 3.45. The number of carbonyl (C=O) groups excluding carboxylic acids is 2. The molecule has 3 atom stereocenters. The summed E-state index contributed by atoms with van der Waals surface area (Å²) in [6, 6.07) is 0. The monoisotopic (exact) mass is 312 g/mol. The highest BCUT2D eigenvalue weighted by Crippen LogP contribution is 2.50. The molecule has 4 nitrogen and oxygen atoms in total. The first kappa shape index (κ1) is 16.7. The Bertz CT molecular complexity index is 444. The van der Waals surface area contributed by atoms with Crippen LogP contribution < -0.4 is 0 Å². The summed E-state index contributed by atoms with van der Waals surface area (Å²) in [4.78, 5) is 23.6. The second-order valence-corrected chi connectivity index (χ2v) is 12.8. The Kier molecular flexibility index (Phi) is 4.13. The van der Waals surface area contributed by atoms with Crippen molar-refractivity contribution in [2.75, 3.05) is 0 Å². The van der Waals surface area contributed by atoms with E-state index in [1.807, 2.05) is 0 Å². The van der Waals surface area contributed by atoms with E-state index < -0.39 is 19.8 Å². The number of ether oxygens (including phenoxy) is 1. The lowest BCUT2D eigenvalue weighted by atomic mass is 9.68. The highest BCUT2D eigenvalue weighted by Gasteiger charge is 2.64. The Morgan fingerprint density at radius 1 is 1.33 bits per heavy atom. The fraction of sp³-hybridized carbons (Fsp3) is 0.875. The molecule has 0 aromatic heterocycles. The molecule has 1 spiro atoms. The first-order chi connectivity index (χ1) is 9.51. The molecule has 1 saturated heterocycles.